The van der Waals surface area contributed by atoms with Gasteiger partial charge in [0.25, 0.3) is 11.5 Å². The summed E-state index contributed by atoms with van der Waals surface area (Å²) in [5, 5.41) is 5.72. The van der Waals surface area contributed by atoms with Crippen LogP contribution in [-0.4, -0.2) is 64.5 Å². The minimum Gasteiger partial charge on any atom is -0.378 e. The standard InChI is InChI=1S/C25H24ClN5O5/c26-18-6-9-21(27-16-18)29-22(32)15-20(25(35)30-11-13-36-14-12-30)28-24(34)17-4-7-19(8-5-17)31-10-2-1-3-23(31)33/h1-10,16,20H,11-15H2,(H,28,34)(H,27,29,32). The quantitative estimate of drug-likeness (QED) is 0.501. The van der Waals surface area contributed by atoms with Gasteiger partial charge in [0.15, 0.2) is 0 Å². The van der Waals surface area contributed by atoms with Crippen molar-refractivity contribution in [2.45, 2.75) is 12.5 Å². The molecule has 1 saturated heterocycles. The number of hydrogen-bond acceptors (Lipinski definition) is 6. The van der Waals surface area contributed by atoms with Gasteiger partial charge in [0.1, 0.15) is 11.9 Å². The van der Waals surface area contributed by atoms with E-state index in [4.69, 9.17) is 16.3 Å². The number of aromatic nitrogens is 2. The first-order valence-electron chi connectivity index (χ1n) is 11.3. The monoisotopic (exact) mass is 509 g/mol. The van der Waals surface area contributed by atoms with Crippen LogP contribution in [0.2, 0.25) is 5.02 Å². The summed E-state index contributed by atoms with van der Waals surface area (Å²) in [5.74, 6) is -1.11. The summed E-state index contributed by atoms with van der Waals surface area (Å²) in [6, 6.07) is 13.2. The van der Waals surface area contributed by atoms with Crippen LogP contribution in [-0.2, 0) is 14.3 Å². The molecule has 0 bridgehead atoms. The van der Waals surface area contributed by atoms with Crippen molar-refractivity contribution >= 4 is 35.1 Å². The molecule has 2 N–H and O–H groups in total. The average Bonchev–Trinajstić information content (AvgIpc) is 2.90. The van der Waals surface area contributed by atoms with Gasteiger partial charge in [-0.25, -0.2) is 4.98 Å². The second-order valence-electron chi connectivity index (χ2n) is 8.03. The number of halogens is 1. The van der Waals surface area contributed by atoms with E-state index in [0.717, 1.165) is 0 Å². The van der Waals surface area contributed by atoms with Crippen molar-refractivity contribution in [2.24, 2.45) is 0 Å². The summed E-state index contributed by atoms with van der Waals surface area (Å²) >= 11 is 5.83. The van der Waals surface area contributed by atoms with Gasteiger partial charge in [0.2, 0.25) is 11.8 Å². The molecule has 3 amide bonds. The summed E-state index contributed by atoms with van der Waals surface area (Å²) < 4.78 is 6.75. The van der Waals surface area contributed by atoms with Gasteiger partial charge in [-0.3, -0.25) is 23.7 Å². The topological polar surface area (TPSA) is 123 Å². The highest BCUT2D eigenvalue weighted by Gasteiger charge is 2.29. The molecule has 186 valence electrons. The average molecular weight is 510 g/mol. The van der Waals surface area contributed by atoms with E-state index in [0.29, 0.717) is 37.0 Å². The van der Waals surface area contributed by atoms with Crippen molar-refractivity contribution in [3.05, 3.63) is 87.9 Å². The third-order valence-electron chi connectivity index (χ3n) is 5.54. The number of nitrogens with zero attached hydrogens (tertiary/aromatic N) is 3. The lowest BCUT2D eigenvalue weighted by atomic mass is 10.1. The smallest absolute Gasteiger partial charge is 0.255 e. The number of nitrogens with one attached hydrogen (secondary N) is 2. The Kier molecular flexibility index (Phi) is 8.09. The molecule has 0 spiro atoms. The summed E-state index contributed by atoms with van der Waals surface area (Å²) in [6.45, 7) is 1.50. The van der Waals surface area contributed by atoms with Crippen LogP contribution in [0, 0.1) is 0 Å². The van der Waals surface area contributed by atoms with Crippen molar-refractivity contribution in [3.8, 4) is 5.69 Å². The maximum atomic E-state index is 13.2. The Morgan fingerprint density at radius 3 is 2.44 bits per heavy atom. The van der Waals surface area contributed by atoms with Gasteiger partial charge < -0.3 is 20.3 Å². The van der Waals surface area contributed by atoms with Gasteiger partial charge in [-0.2, -0.15) is 0 Å². The SMILES string of the molecule is O=C(CC(NC(=O)c1ccc(-n2ccccc2=O)cc1)C(=O)N1CCOCC1)Nc1ccc(Cl)cn1. The molecule has 1 atom stereocenters. The van der Waals surface area contributed by atoms with Crippen LogP contribution >= 0.6 is 11.6 Å². The molecule has 11 heteroatoms. The van der Waals surface area contributed by atoms with Crippen LogP contribution in [0.3, 0.4) is 0 Å². The van der Waals surface area contributed by atoms with Crippen LogP contribution in [0.1, 0.15) is 16.8 Å². The fourth-order valence-electron chi connectivity index (χ4n) is 3.69. The Hall–Kier alpha value is -4.02. The maximum absolute atomic E-state index is 13.2. The van der Waals surface area contributed by atoms with E-state index in [1.165, 1.54) is 22.9 Å². The summed E-state index contributed by atoms with van der Waals surface area (Å²) in [5.41, 5.74) is 0.669. The Balaban J connectivity index is 1.48. The predicted molar refractivity (Wildman–Crippen MR) is 133 cm³/mol. The summed E-state index contributed by atoms with van der Waals surface area (Å²) in [7, 11) is 0. The lowest BCUT2D eigenvalue weighted by Gasteiger charge is -2.30. The number of morpholine rings is 1. The van der Waals surface area contributed by atoms with Crippen molar-refractivity contribution < 1.29 is 19.1 Å². The minimum absolute atomic E-state index is 0.202. The number of amides is 3. The molecule has 0 saturated carbocycles. The number of ether oxygens (including phenoxy) is 1. The van der Waals surface area contributed by atoms with E-state index >= 15 is 0 Å². The number of hydrogen-bond donors (Lipinski definition) is 2. The third-order valence-corrected chi connectivity index (χ3v) is 5.76. The van der Waals surface area contributed by atoms with Crippen molar-refractivity contribution in [1.29, 1.82) is 0 Å². The Bertz CT molecular complexity index is 1290. The molecular formula is C25H24ClN5O5. The van der Waals surface area contributed by atoms with Gasteiger partial charge in [-0.15, -0.1) is 0 Å². The van der Waals surface area contributed by atoms with Gasteiger partial charge in [0.05, 0.1) is 24.7 Å². The molecule has 0 aliphatic carbocycles. The number of pyridine rings is 2. The van der Waals surface area contributed by atoms with Crippen LogP contribution in [0.15, 0.2) is 71.8 Å². The molecular weight excluding hydrogens is 486 g/mol. The van der Waals surface area contributed by atoms with Gasteiger partial charge in [0, 0.05) is 42.8 Å². The fourth-order valence-corrected chi connectivity index (χ4v) is 3.80. The number of carbonyl (C=O) groups is 3. The lowest BCUT2D eigenvalue weighted by molar-refractivity contribution is -0.138. The third kappa shape index (κ3) is 6.35. The van der Waals surface area contributed by atoms with E-state index in [1.807, 2.05) is 0 Å². The molecule has 2 aromatic heterocycles. The molecule has 3 heterocycles. The number of benzene rings is 1. The number of carbonyl (C=O) groups excluding carboxylic acids is 3. The molecule has 1 aliphatic rings. The van der Waals surface area contributed by atoms with E-state index in [1.54, 1.807) is 53.6 Å². The number of rotatable bonds is 7. The Labute approximate surface area is 211 Å². The summed E-state index contributed by atoms with van der Waals surface area (Å²) in [6.07, 6.45) is 2.73. The first kappa shape index (κ1) is 25.1. The van der Waals surface area contributed by atoms with Gasteiger partial charge in [-0.05, 0) is 42.5 Å². The van der Waals surface area contributed by atoms with Crippen LogP contribution in [0.5, 0.6) is 0 Å². The zero-order valence-corrected chi connectivity index (χ0v) is 20.0. The second-order valence-corrected chi connectivity index (χ2v) is 8.47. The molecule has 36 heavy (non-hydrogen) atoms. The highest BCUT2D eigenvalue weighted by molar-refractivity contribution is 6.30. The fraction of sp³-hybridized carbons (Fsp3) is 0.240. The molecule has 10 nitrogen and oxygen atoms in total. The first-order chi connectivity index (χ1) is 17.4. The molecule has 1 aromatic carbocycles. The highest BCUT2D eigenvalue weighted by Crippen LogP contribution is 2.12. The Morgan fingerprint density at radius 2 is 1.78 bits per heavy atom. The van der Waals surface area contributed by atoms with E-state index in [-0.39, 0.29) is 29.3 Å². The van der Waals surface area contributed by atoms with Gasteiger partial charge >= 0.3 is 0 Å². The Morgan fingerprint density at radius 1 is 1.03 bits per heavy atom. The van der Waals surface area contributed by atoms with Crippen LogP contribution in [0.25, 0.3) is 5.69 Å². The van der Waals surface area contributed by atoms with E-state index in [2.05, 4.69) is 15.6 Å². The molecule has 1 aliphatic heterocycles. The van der Waals surface area contributed by atoms with E-state index in [9.17, 15) is 19.2 Å². The minimum atomic E-state index is -1.10. The van der Waals surface area contributed by atoms with Crippen LogP contribution < -0.4 is 16.2 Å². The molecule has 3 aromatic rings. The molecule has 1 unspecified atom stereocenters. The summed E-state index contributed by atoms with van der Waals surface area (Å²) in [4.78, 5) is 56.5. The van der Waals surface area contributed by atoms with Gasteiger partial charge in [-0.1, -0.05) is 17.7 Å². The van der Waals surface area contributed by atoms with Crippen molar-refractivity contribution in [3.63, 3.8) is 0 Å². The maximum Gasteiger partial charge on any atom is 0.255 e. The first-order valence-corrected chi connectivity index (χ1v) is 11.7. The lowest BCUT2D eigenvalue weighted by Crippen LogP contribution is -2.52. The van der Waals surface area contributed by atoms with Crippen molar-refractivity contribution in [1.82, 2.24) is 19.8 Å². The molecule has 1 fully saturated rings. The van der Waals surface area contributed by atoms with Crippen LogP contribution in [0.4, 0.5) is 5.82 Å². The van der Waals surface area contributed by atoms with Crippen molar-refractivity contribution in [2.75, 3.05) is 31.6 Å². The largest absolute Gasteiger partial charge is 0.378 e. The molecule has 0 radical (unpaired) electrons. The molecule has 4 rings (SSSR count). The second kappa shape index (κ2) is 11.6. The zero-order valence-electron chi connectivity index (χ0n) is 19.2. The normalized spacial score (nSPS) is 14.1. The predicted octanol–water partition coefficient (Wildman–Crippen LogP) is 1.87. The zero-order chi connectivity index (χ0) is 25.5. The number of anilines is 1. The highest BCUT2D eigenvalue weighted by atomic mass is 35.5. The van der Waals surface area contributed by atoms with E-state index < -0.39 is 17.9 Å².